The Morgan fingerprint density at radius 1 is 1.33 bits per heavy atom. The van der Waals surface area contributed by atoms with E-state index in [0.29, 0.717) is 18.5 Å². The van der Waals surface area contributed by atoms with Crippen molar-refractivity contribution in [2.24, 2.45) is 17.8 Å². The van der Waals surface area contributed by atoms with E-state index >= 15 is 0 Å². The first-order valence-corrected chi connectivity index (χ1v) is 7.02. The van der Waals surface area contributed by atoms with Gasteiger partial charge in [0, 0.05) is 5.39 Å². The molecule has 6 heteroatoms. The molecule has 0 bridgehead atoms. The van der Waals surface area contributed by atoms with Crippen molar-refractivity contribution in [3.63, 3.8) is 0 Å². The fourth-order valence-corrected chi connectivity index (χ4v) is 3.16. The van der Waals surface area contributed by atoms with E-state index in [-0.39, 0.29) is 11.8 Å². The summed E-state index contributed by atoms with van der Waals surface area (Å²) in [4.78, 5) is 23.7. The Labute approximate surface area is 121 Å². The minimum Gasteiger partial charge on any atom is -0.481 e. The molecule has 1 aromatic heterocycles. The van der Waals surface area contributed by atoms with Crippen molar-refractivity contribution in [1.29, 1.82) is 0 Å². The molecule has 1 aromatic carbocycles. The molecule has 1 amide bonds. The van der Waals surface area contributed by atoms with Crippen LogP contribution in [0.25, 0.3) is 10.9 Å². The summed E-state index contributed by atoms with van der Waals surface area (Å²) in [7, 11) is 0. The molecule has 3 rings (SSSR count). The third kappa shape index (κ3) is 2.49. The maximum absolute atomic E-state index is 12.4. The lowest BCUT2D eigenvalue weighted by molar-refractivity contribution is -0.145. The number of aliphatic carboxylic acids is 1. The summed E-state index contributed by atoms with van der Waals surface area (Å²) in [6.07, 6.45) is 2.82. The van der Waals surface area contributed by atoms with Crippen molar-refractivity contribution in [2.75, 3.05) is 5.32 Å². The number of amides is 1. The van der Waals surface area contributed by atoms with E-state index in [1.165, 1.54) is 0 Å². The lowest BCUT2D eigenvalue weighted by Crippen LogP contribution is -2.30. The van der Waals surface area contributed by atoms with E-state index in [1.54, 1.807) is 12.3 Å². The van der Waals surface area contributed by atoms with Gasteiger partial charge in [0.2, 0.25) is 5.91 Å². The van der Waals surface area contributed by atoms with E-state index in [4.69, 9.17) is 0 Å². The zero-order valence-electron chi connectivity index (χ0n) is 11.7. The third-order valence-electron chi connectivity index (χ3n) is 4.19. The monoisotopic (exact) mass is 287 g/mol. The number of nitrogens with zero attached hydrogens (tertiary/aromatic N) is 1. The van der Waals surface area contributed by atoms with Crippen LogP contribution in [-0.2, 0) is 9.59 Å². The van der Waals surface area contributed by atoms with Gasteiger partial charge in [0.05, 0.1) is 29.2 Å². The Hall–Kier alpha value is -2.37. The van der Waals surface area contributed by atoms with Gasteiger partial charge >= 0.3 is 5.97 Å². The Morgan fingerprint density at radius 2 is 2.10 bits per heavy atom. The minimum atomic E-state index is -0.888. The van der Waals surface area contributed by atoms with Crippen LogP contribution in [0.5, 0.6) is 0 Å². The van der Waals surface area contributed by atoms with E-state index < -0.39 is 17.8 Å². The van der Waals surface area contributed by atoms with Gasteiger partial charge in [0.15, 0.2) is 0 Å². The number of carboxylic acids is 1. The van der Waals surface area contributed by atoms with Gasteiger partial charge in [0.1, 0.15) is 0 Å². The van der Waals surface area contributed by atoms with E-state index in [1.807, 2.05) is 19.1 Å². The summed E-state index contributed by atoms with van der Waals surface area (Å²) < 4.78 is 0. The minimum absolute atomic E-state index is 0.222. The number of carboxylic acid groups (broad SMARTS) is 1. The molecule has 3 N–H and O–H groups in total. The number of benzene rings is 1. The number of rotatable bonds is 3. The number of nitrogens with one attached hydrogen (secondary N) is 2. The molecule has 6 nitrogen and oxygen atoms in total. The predicted octanol–water partition coefficient (Wildman–Crippen LogP) is 2.25. The zero-order chi connectivity index (χ0) is 15.0. The number of aromatic amines is 1. The van der Waals surface area contributed by atoms with Crippen LogP contribution >= 0.6 is 0 Å². The van der Waals surface area contributed by atoms with Crippen molar-refractivity contribution in [3.8, 4) is 0 Å². The molecule has 3 atom stereocenters. The smallest absolute Gasteiger partial charge is 0.307 e. The molecule has 1 unspecified atom stereocenters. The van der Waals surface area contributed by atoms with Crippen LogP contribution in [0.2, 0.25) is 0 Å². The van der Waals surface area contributed by atoms with Crippen LogP contribution in [0.3, 0.4) is 0 Å². The standard InChI is InChI=1S/C15H17N3O3/c1-8-5-9(10(6-8)15(20)21)14(19)17-12-3-2-4-13-11(12)7-16-18-13/h2-4,7-10H,5-6H2,1H3,(H,16,18)(H,17,19)(H,20,21)/t8?,9-,10+/m0/s1. The highest BCUT2D eigenvalue weighted by molar-refractivity contribution is 6.02. The number of H-pyrrole nitrogens is 1. The van der Waals surface area contributed by atoms with Crippen LogP contribution in [0.15, 0.2) is 24.4 Å². The highest BCUT2D eigenvalue weighted by atomic mass is 16.4. The van der Waals surface area contributed by atoms with Crippen LogP contribution in [0.1, 0.15) is 19.8 Å². The molecule has 0 spiro atoms. The maximum atomic E-state index is 12.4. The lowest BCUT2D eigenvalue weighted by Gasteiger charge is -2.15. The van der Waals surface area contributed by atoms with Crippen LogP contribution in [0.4, 0.5) is 5.69 Å². The number of fused-ring (bicyclic) bond motifs is 1. The quantitative estimate of drug-likeness (QED) is 0.806. The molecule has 1 fully saturated rings. The molecule has 0 aliphatic heterocycles. The van der Waals surface area contributed by atoms with Gasteiger partial charge in [-0.3, -0.25) is 14.7 Å². The molecule has 110 valence electrons. The molecular weight excluding hydrogens is 270 g/mol. The van der Waals surface area contributed by atoms with Crippen LogP contribution in [0, 0.1) is 17.8 Å². The first-order chi connectivity index (χ1) is 10.1. The number of anilines is 1. The topological polar surface area (TPSA) is 95.1 Å². The molecule has 1 saturated carbocycles. The van der Waals surface area contributed by atoms with Gasteiger partial charge in [-0.15, -0.1) is 0 Å². The lowest BCUT2D eigenvalue weighted by atomic mass is 9.95. The summed E-state index contributed by atoms with van der Waals surface area (Å²) in [5, 5.41) is 19.7. The number of carbonyl (C=O) groups is 2. The first kappa shape index (κ1) is 13.6. The molecule has 1 heterocycles. The van der Waals surface area contributed by atoms with Crippen molar-refractivity contribution < 1.29 is 14.7 Å². The van der Waals surface area contributed by atoms with Crippen LogP contribution < -0.4 is 5.32 Å². The second-order valence-electron chi connectivity index (χ2n) is 5.75. The summed E-state index contributed by atoms with van der Waals surface area (Å²) in [6.45, 7) is 1.99. The van der Waals surface area contributed by atoms with Gasteiger partial charge < -0.3 is 10.4 Å². The molecule has 0 saturated heterocycles. The summed E-state index contributed by atoms with van der Waals surface area (Å²) in [5.74, 6) is -1.92. The highest BCUT2D eigenvalue weighted by Gasteiger charge is 2.41. The molecular formula is C15H17N3O3. The van der Waals surface area contributed by atoms with E-state index in [0.717, 1.165) is 10.9 Å². The second-order valence-corrected chi connectivity index (χ2v) is 5.75. The van der Waals surface area contributed by atoms with Crippen molar-refractivity contribution >= 4 is 28.5 Å². The Balaban J connectivity index is 1.83. The van der Waals surface area contributed by atoms with Crippen molar-refractivity contribution in [1.82, 2.24) is 10.2 Å². The largest absolute Gasteiger partial charge is 0.481 e. The van der Waals surface area contributed by atoms with E-state index in [9.17, 15) is 14.7 Å². The second kappa shape index (κ2) is 5.20. The zero-order valence-corrected chi connectivity index (χ0v) is 11.7. The summed E-state index contributed by atoms with van der Waals surface area (Å²) >= 11 is 0. The predicted molar refractivity (Wildman–Crippen MR) is 77.7 cm³/mol. The Kier molecular flexibility index (Phi) is 3.37. The van der Waals surface area contributed by atoms with Crippen molar-refractivity contribution in [3.05, 3.63) is 24.4 Å². The molecule has 1 aliphatic rings. The Bertz CT molecular complexity index is 694. The summed E-state index contributed by atoms with van der Waals surface area (Å²) in [5.41, 5.74) is 1.50. The molecule has 21 heavy (non-hydrogen) atoms. The van der Waals surface area contributed by atoms with Gasteiger partial charge in [0.25, 0.3) is 0 Å². The van der Waals surface area contributed by atoms with Gasteiger partial charge in [-0.2, -0.15) is 5.10 Å². The van der Waals surface area contributed by atoms with Gasteiger partial charge in [-0.1, -0.05) is 13.0 Å². The molecule has 1 aliphatic carbocycles. The average Bonchev–Trinajstić information content (AvgIpc) is 3.05. The molecule has 2 aromatic rings. The average molecular weight is 287 g/mol. The van der Waals surface area contributed by atoms with Gasteiger partial charge in [-0.25, -0.2) is 0 Å². The SMILES string of the molecule is CC1C[C@H](C(=O)Nc2cccc3[nH]ncc23)[C@H](C(=O)O)C1. The summed E-state index contributed by atoms with van der Waals surface area (Å²) in [6, 6.07) is 5.49. The fourth-order valence-electron chi connectivity index (χ4n) is 3.16. The Morgan fingerprint density at radius 3 is 2.86 bits per heavy atom. The van der Waals surface area contributed by atoms with Gasteiger partial charge in [-0.05, 0) is 30.9 Å². The number of aromatic nitrogens is 2. The van der Waals surface area contributed by atoms with E-state index in [2.05, 4.69) is 15.5 Å². The number of hydrogen-bond acceptors (Lipinski definition) is 3. The van der Waals surface area contributed by atoms with Crippen molar-refractivity contribution in [2.45, 2.75) is 19.8 Å². The first-order valence-electron chi connectivity index (χ1n) is 7.02. The normalized spacial score (nSPS) is 25.1. The number of carbonyl (C=O) groups excluding carboxylic acids is 1. The maximum Gasteiger partial charge on any atom is 0.307 e. The van der Waals surface area contributed by atoms with Crippen LogP contribution in [-0.4, -0.2) is 27.2 Å². The number of hydrogen-bond donors (Lipinski definition) is 3. The molecule has 0 radical (unpaired) electrons. The fraction of sp³-hybridized carbons (Fsp3) is 0.400. The highest BCUT2D eigenvalue weighted by Crippen LogP contribution is 2.37. The third-order valence-corrected chi connectivity index (χ3v) is 4.19.